The highest BCUT2D eigenvalue weighted by Gasteiger charge is 2.27. The molecule has 0 radical (unpaired) electrons. The summed E-state index contributed by atoms with van der Waals surface area (Å²) in [5, 5.41) is 3.59. The Kier molecular flexibility index (Phi) is 6.43. The van der Waals surface area contributed by atoms with Gasteiger partial charge in [-0.1, -0.05) is 6.42 Å². The molecule has 164 valence electrons. The highest BCUT2D eigenvalue weighted by atomic mass is 32.2. The molecule has 3 heterocycles. The van der Waals surface area contributed by atoms with E-state index in [0.29, 0.717) is 36.2 Å². The number of furan rings is 1. The topological polar surface area (TPSA) is 93.3 Å². The molecule has 4 rings (SSSR count). The molecule has 9 heteroatoms. The first kappa shape index (κ1) is 21.3. The number of benzene rings is 1. The van der Waals surface area contributed by atoms with E-state index >= 15 is 0 Å². The molecule has 2 aliphatic heterocycles. The zero-order chi connectivity index (χ0) is 21.1. The third-order valence-electron chi connectivity index (χ3n) is 6.03. The molecular formula is C21H30N3O5S+. The van der Waals surface area contributed by atoms with E-state index in [0.717, 1.165) is 52.1 Å². The number of carbonyl (C=O) groups excluding carboxylic acids is 1. The largest absolute Gasteiger partial charge is 0.451 e. The second kappa shape index (κ2) is 9.05. The molecule has 1 amide bonds. The second-order valence-electron chi connectivity index (χ2n) is 8.05. The van der Waals surface area contributed by atoms with Crippen molar-refractivity contribution in [2.24, 2.45) is 0 Å². The van der Waals surface area contributed by atoms with Gasteiger partial charge in [0.15, 0.2) is 5.76 Å². The van der Waals surface area contributed by atoms with Crippen LogP contribution in [0.25, 0.3) is 11.0 Å². The van der Waals surface area contributed by atoms with Crippen LogP contribution in [0, 0.1) is 6.92 Å². The number of carbonyl (C=O) groups is 1. The Morgan fingerprint density at radius 3 is 2.63 bits per heavy atom. The smallest absolute Gasteiger partial charge is 0.287 e. The Morgan fingerprint density at radius 1 is 1.17 bits per heavy atom. The fourth-order valence-corrected chi connectivity index (χ4v) is 5.72. The molecule has 1 aromatic carbocycles. The van der Waals surface area contributed by atoms with E-state index in [1.54, 1.807) is 29.4 Å². The van der Waals surface area contributed by atoms with E-state index in [2.05, 4.69) is 5.32 Å². The van der Waals surface area contributed by atoms with Crippen LogP contribution in [0.15, 0.2) is 27.5 Å². The van der Waals surface area contributed by atoms with Crippen LogP contribution < -0.4 is 10.2 Å². The van der Waals surface area contributed by atoms with Crippen molar-refractivity contribution in [2.75, 3.05) is 52.5 Å². The van der Waals surface area contributed by atoms with Crippen LogP contribution in [0.3, 0.4) is 0 Å². The predicted molar refractivity (Wildman–Crippen MR) is 112 cm³/mol. The van der Waals surface area contributed by atoms with Gasteiger partial charge in [0.2, 0.25) is 10.0 Å². The molecule has 1 aromatic heterocycles. The summed E-state index contributed by atoms with van der Waals surface area (Å²) in [5.41, 5.74) is 1.19. The average molecular weight is 437 g/mol. The monoisotopic (exact) mass is 436 g/mol. The zero-order valence-electron chi connectivity index (χ0n) is 17.4. The lowest BCUT2D eigenvalue weighted by Crippen LogP contribution is -3.14. The third kappa shape index (κ3) is 4.39. The van der Waals surface area contributed by atoms with E-state index in [-0.39, 0.29) is 16.6 Å². The Hall–Kier alpha value is -1.94. The number of aryl methyl sites for hydroxylation is 1. The number of sulfonamides is 1. The zero-order valence-corrected chi connectivity index (χ0v) is 18.2. The van der Waals surface area contributed by atoms with Crippen LogP contribution in [0.1, 0.15) is 35.4 Å². The molecule has 0 saturated carbocycles. The summed E-state index contributed by atoms with van der Waals surface area (Å²) in [6.07, 6.45) is 2.85. The van der Waals surface area contributed by atoms with E-state index in [9.17, 15) is 13.2 Å². The highest BCUT2D eigenvalue weighted by Crippen LogP contribution is 2.29. The maximum atomic E-state index is 13.0. The lowest BCUT2D eigenvalue weighted by Gasteiger charge is -2.25. The number of amides is 1. The molecule has 0 unspecified atom stereocenters. The number of hydrogen-bond acceptors (Lipinski definition) is 5. The summed E-state index contributed by atoms with van der Waals surface area (Å²) in [5.74, 6) is -0.0219. The summed E-state index contributed by atoms with van der Waals surface area (Å²) < 4.78 is 38.6. The molecule has 8 nitrogen and oxygen atoms in total. The van der Waals surface area contributed by atoms with Gasteiger partial charge in [0.1, 0.15) is 18.7 Å². The number of nitrogens with one attached hydrogen (secondary N) is 2. The van der Waals surface area contributed by atoms with Crippen LogP contribution in [0.4, 0.5) is 0 Å². The van der Waals surface area contributed by atoms with Crippen molar-refractivity contribution >= 4 is 26.9 Å². The number of hydrogen-bond donors (Lipinski definition) is 2. The van der Waals surface area contributed by atoms with Crippen LogP contribution in [-0.4, -0.2) is 71.1 Å². The first-order chi connectivity index (χ1) is 14.5. The Labute approximate surface area is 177 Å². The molecule has 2 aromatic rings. The van der Waals surface area contributed by atoms with E-state index < -0.39 is 10.0 Å². The number of nitrogens with zero attached hydrogens (tertiary/aromatic N) is 1. The summed E-state index contributed by atoms with van der Waals surface area (Å²) in [6, 6.07) is 4.85. The van der Waals surface area contributed by atoms with Crippen molar-refractivity contribution in [3.8, 4) is 0 Å². The van der Waals surface area contributed by atoms with Crippen molar-refractivity contribution in [3.63, 3.8) is 0 Å². The fourth-order valence-electron chi connectivity index (χ4n) is 4.17. The Morgan fingerprint density at radius 2 is 1.90 bits per heavy atom. The van der Waals surface area contributed by atoms with E-state index in [1.807, 2.05) is 0 Å². The van der Waals surface area contributed by atoms with Crippen molar-refractivity contribution in [1.29, 1.82) is 0 Å². The van der Waals surface area contributed by atoms with Gasteiger partial charge < -0.3 is 19.4 Å². The number of piperidine rings is 1. The van der Waals surface area contributed by atoms with Crippen LogP contribution in [0.5, 0.6) is 0 Å². The van der Waals surface area contributed by atoms with Crippen molar-refractivity contribution < 1.29 is 27.3 Å². The molecule has 0 atom stereocenters. The number of rotatable bonds is 6. The third-order valence-corrected chi connectivity index (χ3v) is 7.93. The van der Waals surface area contributed by atoms with Gasteiger partial charge in [0, 0.05) is 24.0 Å². The number of fused-ring (bicyclic) bond motifs is 1. The maximum Gasteiger partial charge on any atom is 0.287 e. The van der Waals surface area contributed by atoms with Crippen LogP contribution in [0.2, 0.25) is 0 Å². The normalized spacial score (nSPS) is 19.2. The molecule has 30 heavy (non-hydrogen) atoms. The molecule has 0 bridgehead atoms. The minimum absolute atomic E-state index is 0.245. The molecule has 0 aliphatic carbocycles. The second-order valence-corrected chi connectivity index (χ2v) is 9.99. The fraction of sp³-hybridized carbons (Fsp3) is 0.571. The Balaban J connectivity index is 1.48. The summed E-state index contributed by atoms with van der Waals surface area (Å²) in [6.45, 7) is 7.73. The minimum atomic E-state index is -3.53. The highest BCUT2D eigenvalue weighted by molar-refractivity contribution is 7.89. The van der Waals surface area contributed by atoms with Crippen LogP contribution >= 0.6 is 0 Å². The first-order valence-corrected chi connectivity index (χ1v) is 12.1. The van der Waals surface area contributed by atoms with Gasteiger partial charge in [-0.2, -0.15) is 4.31 Å². The van der Waals surface area contributed by atoms with Gasteiger partial charge in [-0.25, -0.2) is 8.42 Å². The summed E-state index contributed by atoms with van der Waals surface area (Å²) >= 11 is 0. The molecule has 2 aliphatic rings. The lowest BCUT2D eigenvalue weighted by atomic mass is 10.1. The van der Waals surface area contributed by atoms with E-state index in [1.165, 1.54) is 4.90 Å². The van der Waals surface area contributed by atoms with Gasteiger partial charge >= 0.3 is 0 Å². The standard InChI is InChI=1S/C21H29N3O5S/c1-16-18-15-17(30(26,27)24-8-3-2-4-9-24)5-6-19(18)29-20(16)21(25)22-7-10-23-11-13-28-14-12-23/h5-6,15H,2-4,7-14H2,1H3,(H,22,25)/p+1. The maximum absolute atomic E-state index is 13.0. The summed E-state index contributed by atoms with van der Waals surface area (Å²) in [7, 11) is -3.53. The first-order valence-electron chi connectivity index (χ1n) is 10.7. The van der Waals surface area contributed by atoms with Crippen molar-refractivity contribution in [2.45, 2.75) is 31.1 Å². The van der Waals surface area contributed by atoms with Gasteiger partial charge in [0.05, 0.1) is 31.2 Å². The number of morpholine rings is 1. The van der Waals surface area contributed by atoms with Crippen molar-refractivity contribution in [3.05, 3.63) is 29.5 Å². The van der Waals surface area contributed by atoms with Gasteiger partial charge in [-0.3, -0.25) is 4.79 Å². The quantitative estimate of drug-likeness (QED) is 0.690. The lowest BCUT2D eigenvalue weighted by molar-refractivity contribution is -0.906. The van der Waals surface area contributed by atoms with Gasteiger partial charge in [0.25, 0.3) is 5.91 Å². The van der Waals surface area contributed by atoms with Gasteiger partial charge in [-0.05, 0) is 38.0 Å². The molecular weight excluding hydrogens is 406 g/mol. The van der Waals surface area contributed by atoms with E-state index in [4.69, 9.17) is 9.15 Å². The van der Waals surface area contributed by atoms with Crippen LogP contribution in [-0.2, 0) is 14.8 Å². The predicted octanol–water partition coefficient (Wildman–Crippen LogP) is 0.561. The van der Waals surface area contributed by atoms with Crippen molar-refractivity contribution in [1.82, 2.24) is 9.62 Å². The number of ether oxygens (including phenoxy) is 1. The summed E-state index contributed by atoms with van der Waals surface area (Å²) in [4.78, 5) is 14.3. The molecule has 2 N–H and O–H groups in total. The Bertz CT molecular complexity index is 1010. The molecule has 0 spiro atoms. The molecule has 2 saturated heterocycles. The number of quaternary nitrogens is 1. The SMILES string of the molecule is Cc1c(C(=O)NCC[NH+]2CCOCC2)oc2ccc(S(=O)(=O)N3CCCCC3)cc12. The molecule has 2 fully saturated rings. The minimum Gasteiger partial charge on any atom is -0.451 e. The van der Waals surface area contributed by atoms with Gasteiger partial charge in [-0.15, -0.1) is 0 Å². The average Bonchev–Trinajstić information content (AvgIpc) is 3.11.